The van der Waals surface area contributed by atoms with E-state index >= 15 is 0 Å². The van der Waals surface area contributed by atoms with E-state index in [4.69, 9.17) is 0 Å². The fraction of sp³-hybridized carbons (Fsp3) is 0.500. The highest BCUT2D eigenvalue weighted by atomic mass is 32.2. The normalized spacial score (nSPS) is 13.6. The van der Waals surface area contributed by atoms with Crippen LogP contribution < -0.4 is 10.6 Å². The average Bonchev–Trinajstić information content (AvgIpc) is 2.50. The third-order valence-corrected chi connectivity index (χ3v) is 4.86. The van der Waals surface area contributed by atoms with Crippen LogP contribution in [0.5, 0.6) is 0 Å². The molecule has 0 saturated heterocycles. The Kier molecular flexibility index (Phi) is 7.29. The summed E-state index contributed by atoms with van der Waals surface area (Å²) in [5, 5.41) is 5.81. The van der Waals surface area contributed by atoms with Gasteiger partial charge in [-0.3, -0.25) is 9.59 Å². The number of amides is 2. The predicted octanol–water partition coefficient (Wildman–Crippen LogP) is 2.37. The molecule has 0 spiro atoms. The number of hydrogen-bond acceptors (Lipinski definition) is 3. The van der Waals surface area contributed by atoms with Crippen molar-refractivity contribution < 1.29 is 9.59 Å². The smallest absolute Gasteiger partial charge is 0.246 e. The maximum Gasteiger partial charge on any atom is 0.246 e. The molecule has 0 aliphatic rings. The van der Waals surface area contributed by atoms with Gasteiger partial charge in [-0.25, -0.2) is 0 Å². The van der Waals surface area contributed by atoms with Crippen molar-refractivity contribution in [3.05, 3.63) is 35.9 Å². The van der Waals surface area contributed by atoms with Crippen LogP contribution in [0.1, 0.15) is 32.4 Å². The number of thioether (sulfide) groups is 1. The molecular formula is C16H24N2O2S. The maximum atomic E-state index is 12.1. The van der Waals surface area contributed by atoms with E-state index in [1.54, 1.807) is 18.8 Å². The van der Waals surface area contributed by atoms with Gasteiger partial charge >= 0.3 is 0 Å². The SMILES string of the molecule is CNC(=O)[C@@H](NC(=O)CS[C@@H](C)C(C)C)c1ccccc1. The van der Waals surface area contributed by atoms with Crippen molar-refractivity contribution in [1.29, 1.82) is 0 Å². The first-order valence-electron chi connectivity index (χ1n) is 7.13. The number of carbonyl (C=O) groups is 2. The van der Waals surface area contributed by atoms with Gasteiger partial charge in [-0.2, -0.15) is 0 Å². The van der Waals surface area contributed by atoms with Gasteiger partial charge in [0.15, 0.2) is 0 Å². The Morgan fingerprint density at radius 2 is 1.76 bits per heavy atom. The molecule has 2 atom stereocenters. The highest BCUT2D eigenvalue weighted by molar-refractivity contribution is 8.00. The molecule has 0 aliphatic carbocycles. The molecule has 0 unspecified atom stereocenters. The fourth-order valence-electron chi connectivity index (χ4n) is 1.69. The number of benzene rings is 1. The van der Waals surface area contributed by atoms with E-state index in [0.29, 0.717) is 16.9 Å². The van der Waals surface area contributed by atoms with Gasteiger partial charge in [-0.15, -0.1) is 11.8 Å². The van der Waals surface area contributed by atoms with E-state index in [1.807, 2.05) is 30.3 Å². The van der Waals surface area contributed by atoms with Crippen molar-refractivity contribution in [2.75, 3.05) is 12.8 Å². The zero-order valence-electron chi connectivity index (χ0n) is 13.1. The zero-order valence-corrected chi connectivity index (χ0v) is 13.9. The first kappa shape index (κ1) is 17.6. The number of carbonyl (C=O) groups excluding carboxylic acids is 2. The van der Waals surface area contributed by atoms with Crippen LogP contribution in [0.2, 0.25) is 0 Å². The highest BCUT2D eigenvalue weighted by Gasteiger charge is 2.21. The molecule has 0 bridgehead atoms. The van der Waals surface area contributed by atoms with Gasteiger partial charge < -0.3 is 10.6 Å². The molecule has 116 valence electrons. The van der Waals surface area contributed by atoms with Gasteiger partial charge in [0.2, 0.25) is 11.8 Å². The molecule has 0 heterocycles. The number of rotatable bonds is 7. The predicted molar refractivity (Wildman–Crippen MR) is 88.2 cm³/mol. The van der Waals surface area contributed by atoms with Crippen LogP contribution in [0.15, 0.2) is 30.3 Å². The molecule has 1 rings (SSSR count). The molecule has 0 saturated carbocycles. The summed E-state index contributed by atoms with van der Waals surface area (Å²) < 4.78 is 0. The molecule has 1 aromatic rings. The van der Waals surface area contributed by atoms with E-state index in [-0.39, 0.29) is 11.8 Å². The molecule has 2 amide bonds. The number of likely N-dealkylation sites (N-methyl/N-ethyl adjacent to an activating group) is 1. The van der Waals surface area contributed by atoms with Crippen molar-refractivity contribution >= 4 is 23.6 Å². The summed E-state index contributed by atoms with van der Waals surface area (Å²) in [4.78, 5) is 24.0. The van der Waals surface area contributed by atoms with Gasteiger partial charge in [0.1, 0.15) is 6.04 Å². The second-order valence-corrected chi connectivity index (χ2v) is 6.65. The Bertz CT molecular complexity index is 463. The van der Waals surface area contributed by atoms with Crippen LogP contribution in [-0.4, -0.2) is 29.9 Å². The first-order valence-corrected chi connectivity index (χ1v) is 8.18. The summed E-state index contributed by atoms with van der Waals surface area (Å²) in [6.07, 6.45) is 0. The Morgan fingerprint density at radius 1 is 1.14 bits per heavy atom. The Hall–Kier alpha value is -1.49. The monoisotopic (exact) mass is 308 g/mol. The topological polar surface area (TPSA) is 58.2 Å². The van der Waals surface area contributed by atoms with Gasteiger partial charge in [-0.05, 0) is 11.5 Å². The van der Waals surface area contributed by atoms with Crippen molar-refractivity contribution in [1.82, 2.24) is 10.6 Å². The molecule has 4 nitrogen and oxygen atoms in total. The van der Waals surface area contributed by atoms with Crippen LogP contribution in [0.3, 0.4) is 0 Å². The van der Waals surface area contributed by atoms with Crippen LogP contribution in [0.4, 0.5) is 0 Å². The number of hydrogen-bond donors (Lipinski definition) is 2. The minimum Gasteiger partial charge on any atom is -0.357 e. The third-order valence-electron chi connectivity index (χ3n) is 3.36. The molecule has 2 N–H and O–H groups in total. The molecule has 5 heteroatoms. The van der Waals surface area contributed by atoms with Crippen LogP contribution in [-0.2, 0) is 9.59 Å². The Labute approximate surface area is 131 Å². The highest BCUT2D eigenvalue weighted by Crippen LogP contribution is 2.19. The molecule has 21 heavy (non-hydrogen) atoms. The fourth-order valence-corrected chi connectivity index (χ4v) is 2.57. The van der Waals surface area contributed by atoms with E-state index < -0.39 is 6.04 Å². The van der Waals surface area contributed by atoms with Crippen molar-refractivity contribution in [3.63, 3.8) is 0 Å². The minimum absolute atomic E-state index is 0.120. The van der Waals surface area contributed by atoms with Crippen LogP contribution >= 0.6 is 11.8 Å². The maximum absolute atomic E-state index is 12.1. The lowest BCUT2D eigenvalue weighted by Gasteiger charge is -2.19. The second-order valence-electron chi connectivity index (χ2n) is 5.29. The third kappa shape index (κ3) is 5.79. The van der Waals surface area contributed by atoms with Crippen molar-refractivity contribution in [3.8, 4) is 0 Å². The van der Waals surface area contributed by atoms with E-state index in [2.05, 4.69) is 31.4 Å². The first-order chi connectivity index (χ1) is 9.95. The summed E-state index contributed by atoms with van der Waals surface area (Å²) in [5.74, 6) is 0.549. The van der Waals surface area contributed by atoms with Crippen LogP contribution in [0.25, 0.3) is 0 Å². The van der Waals surface area contributed by atoms with Gasteiger partial charge in [0.05, 0.1) is 5.75 Å². The Morgan fingerprint density at radius 3 is 2.29 bits per heavy atom. The van der Waals surface area contributed by atoms with Gasteiger partial charge in [0, 0.05) is 12.3 Å². The largest absolute Gasteiger partial charge is 0.357 e. The summed E-state index contributed by atoms with van der Waals surface area (Å²) in [6, 6.07) is 8.62. The summed E-state index contributed by atoms with van der Waals surface area (Å²) in [6.45, 7) is 6.37. The lowest BCUT2D eigenvalue weighted by molar-refractivity contribution is -0.127. The van der Waals surface area contributed by atoms with Crippen molar-refractivity contribution in [2.45, 2.75) is 32.1 Å². The molecule has 0 radical (unpaired) electrons. The lowest BCUT2D eigenvalue weighted by atomic mass is 10.1. The van der Waals surface area contributed by atoms with Crippen LogP contribution in [0, 0.1) is 5.92 Å². The molecule has 0 fully saturated rings. The van der Waals surface area contributed by atoms with Gasteiger partial charge in [0.25, 0.3) is 0 Å². The molecular weight excluding hydrogens is 284 g/mol. The second kappa shape index (κ2) is 8.72. The van der Waals surface area contributed by atoms with Gasteiger partial charge in [-0.1, -0.05) is 51.1 Å². The molecule has 0 aliphatic heterocycles. The summed E-state index contributed by atoms with van der Waals surface area (Å²) in [7, 11) is 1.57. The molecule has 1 aromatic carbocycles. The quantitative estimate of drug-likeness (QED) is 0.813. The standard InChI is InChI=1S/C16H24N2O2S/c1-11(2)12(3)21-10-14(19)18-15(16(20)17-4)13-8-6-5-7-9-13/h5-9,11-12,15H,10H2,1-4H3,(H,17,20)(H,18,19)/t12-,15-/m0/s1. The van der Waals surface area contributed by atoms with Crippen molar-refractivity contribution in [2.24, 2.45) is 5.92 Å². The van der Waals surface area contributed by atoms with E-state index in [9.17, 15) is 9.59 Å². The average molecular weight is 308 g/mol. The summed E-state index contributed by atoms with van der Waals surface area (Å²) >= 11 is 1.61. The zero-order chi connectivity index (χ0) is 15.8. The Balaban J connectivity index is 2.66. The minimum atomic E-state index is -0.640. The van der Waals surface area contributed by atoms with E-state index in [1.165, 1.54) is 0 Å². The number of nitrogens with one attached hydrogen (secondary N) is 2. The summed E-state index contributed by atoms with van der Waals surface area (Å²) in [5.41, 5.74) is 0.784. The lowest BCUT2D eigenvalue weighted by Crippen LogP contribution is -2.40. The van der Waals surface area contributed by atoms with E-state index in [0.717, 1.165) is 5.56 Å². The molecule has 0 aromatic heterocycles.